The van der Waals surface area contributed by atoms with Gasteiger partial charge in [-0.25, -0.2) is 0 Å². The second-order valence-corrected chi connectivity index (χ2v) is 5.78. The first-order chi connectivity index (χ1) is 9.13. The van der Waals surface area contributed by atoms with Gasteiger partial charge in [-0.1, -0.05) is 36.6 Å². The molecule has 1 aliphatic carbocycles. The first-order valence-electron chi connectivity index (χ1n) is 6.86. The molecule has 1 aliphatic rings. The van der Waals surface area contributed by atoms with E-state index in [-0.39, 0.29) is 5.91 Å². The van der Waals surface area contributed by atoms with Gasteiger partial charge in [-0.05, 0) is 37.6 Å². The van der Waals surface area contributed by atoms with Crippen LogP contribution in [0.15, 0.2) is 24.3 Å². The van der Waals surface area contributed by atoms with Crippen molar-refractivity contribution in [3.8, 4) is 0 Å². The Morgan fingerprint density at radius 1 is 1.32 bits per heavy atom. The van der Waals surface area contributed by atoms with Crippen molar-refractivity contribution >= 4 is 17.5 Å². The second kappa shape index (κ2) is 6.92. The van der Waals surface area contributed by atoms with Crippen molar-refractivity contribution in [2.24, 2.45) is 0 Å². The van der Waals surface area contributed by atoms with Crippen LogP contribution in [0, 0.1) is 0 Å². The summed E-state index contributed by atoms with van der Waals surface area (Å²) in [7, 11) is 1.96. The van der Waals surface area contributed by atoms with Crippen LogP contribution in [0.3, 0.4) is 0 Å². The van der Waals surface area contributed by atoms with Gasteiger partial charge < -0.3 is 5.32 Å². The minimum absolute atomic E-state index is 0.128. The van der Waals surface area contributed by atoms with Crippen LogP contribution >= 0.6 is 11.6 Å². The molecule has 1 N–H and O–H groups in total. The van der Waals surface area contributed by atoms with Gasteiger partial charge in [0.25, 0.3) is 0 Å². The molecule has 19 heavy (non-hydrogen) atoms. The molecule has 1 amide bonds. The summed E-state index contributed by atoms with van der Waals surface area (Å²) in [4.78, 5) is 13.9. The summed E-state index contributed by atoms with van der Waals surface area (Å²) in [5.41, 5.74) is 1.17. The zero-order valence-corrected chi connectivity index (χ0v) is 12.1. The first kappa shape index (κ1) is 14.4. The molecule has 1 saturated carbocycles. The van der Waals surface area contributed by atoms with Crippen molar-refractivity contribution < 1.29 is 4.79 Å². The smallest absolute Gasteiger partial charge is 0.234 e. The molecule has 0 saturated heterocycles. The summed E-state index contributed by atoms with van der Waals surface area (Å²) in [6, 6.07) is 8.14. The average Bonchev–Trinajstić information content (AvgIpc) is 2.84. The molecule has 4 heteroatoms. The Morgan fingerprint density at radius 2 is 1.95 bits per heavy atom. The van der Waals surface area contributed by atoms with E-state index in [9.17, 15) is 4.79 Å². The largest absolute Gasteiger partial charge is 0.352 e. The molecule has 2 rings (SSSR count). The van der Waals surface area contributed by atoms with Gasteiger partial charge in [0.05, 0.1) is 6.54 Å². The first-order valence-corrected chi connectivity index (χ1v) is 7.23. The van der Waals surface area contributed by atoms with Crippen LogP contribution in [-0.4, -0.2) is 30.4 Å². The number of amides is 1. The number of carbonyl (C=O) groups is 1. The van der Waals surface area contributed by atoms with Gasteiger partial charge in [0, 0.05) is 17.6 Å². The van der Waals surface area contributed by atoms with E-state index < -0.39 is 0 Å². The SMILES string of the molecule is CN(CC(=O)NC1CCCC1)Cc1ccc(Cl)cc1. The number of carbonyl (C=O) groups excluding carboxylic acids is 1. The van der Waals surface area contributed by atoms with Gasteiger partial charge in [-0.3, -0.25) is 9.69 Å². The maximum absolute atomic E-state index is 11.9. The summed E-state index contributed by atoms with van der Waals surface area (Å²) >= 11 is 5.85. The van der Waals surface area contributed by atoms with Crippen LogP contribution in [0.4, 0.5) is 0 Å². The van der Waals surface area contributed by atoms with Gasteiger partial charge in [-0.15, -0.1) is 0 Å². The zero-order valence-electron chi connectivity index (χ0n) is 11.4. The average molecular weight is 281 g/mol. The number of likely N-dealkylation sites (N-methyl/N-ethyl adjacent to an activating group) is 1. The van der Waals surface area contributed by atoms with Crippen molar-refractivity contribution in [3.63, 3.8) is 0 Å². The van der Waals surface area contributed by atoms with Crippen molar-refractivity contribution in [3.05, 3.63) is 34.9 Å². The number of rotatable bonds is 5. The van der Waals surface area contributed by atoms with Crippen molar-refractivity contribution in [1.29, 1.82) is 0 Å². The lowest BCUT2D eigenvalue weighted by molar-refractivity contribution is -0.122. The molecule has 1 fully saturated rings. The van der Waals surface area contributed by atoms with Gasteiger partial charge in [0.1, 0.15) is 0 Å². The Morgan fingerprint density at radius 3 is 2.58 bits per heavy atom. The van der Waals surface area contributed by atoms with E-state index in [2.05, 4.69) is 5.32 Å². The number of hydrogen-bond acceptors (Lipinski definition) is 2. The maximum atomic E-state index is 11.9. The zero-order chi connectivity index (χ0) is 13.7. The lowest BCUT2D eigenvalue weighted by atomic mass is 10.2. The molecule has 0 radical (unpaired) electrons. The minimum Gasteiger partial charge on any atom is -0.352 e. The molecular formula is C15H21ClN2O. The number of benzene rings is 1. The minimum atomic E-state index is 0.128. The summed E-state index contributed by atoms with van der Waals surface area (Å²) in [5, 5.41) is 3.84. The summed E-state index contributed by atoms with van der Waals surface area (Å²) in [6.45, 7) is 1.20. The molecule has 0 aromatic heterocycles. The second-order valence-electron chi connectivity index (χ2n) is 5.35. The van der Waals surface area contributed by atoms with E-state index >= 15 is 0 Å². The normalized spacial score (nSPS) is 15.9. The van der Waals surface area contributed by atoms with E-state index in [1.807, 2.05) is 36.2 Å². The molecule has 0 unspecified atom stereocenters. The van der Waals surface area contributed by atoms with E-state index in [1.165, 1.54) is 18.4 Å². The highest BCUT2D eigenvalue weighted by Gasteiger charge is 2.17. The van der Waals surface area contributed by atoms with Crippen LogP contribution < -0.4 is 5.32 Å². The fourth-order valence-electron chi connectivity index (χ4n) is 2.55. The van der Waals surface area contributed by atoms with Crippen molar-refractivity contribution in [1.82, 2.24) is 10.2 Å². The lowest BCUT2D eigenvalue weighted by Crippen LogP contribution is -2.39. The Labute approximate surface area is 119 Å². The third-order valence-corrected chi connectivity index (χ3v) is 3.75. The van der Waals surface area contributed by atoms with Crippen molar-refractivity contribution in [2.75, 3.05) is 13.6 Å². The highest BCUT2D eigenvalue weighted by molar-refractivity contribution is 6.30. The Balaban J connectivity index is 1.75. The molecule has 0 bridgehead atoms. The number of halogens is 1. The van der Waals surface area contributed by atoms with Crippen LogP contribution in [0.5, 0.6) is 0 Å². The standard InChI is InChI=1S/C15H21ClN2O/c1-18(10-12-6-8-13(16)9-7-12)11-15(19)17-14-4-2-3-5-14/h6-9,14H,2-5,10-11H2,1H3,(H,17,19). The van der Waals surface area contributed by atoms with E-state index in [0.29, 0.717) is 12.6 Å². The third-order valence-electron chi connectivity index (χ3n) is 3.50. The highest BCUT2D eigenvalue weighted by Crippen LogP contribution is 2.17. The number of nitrogens with zero attached hydrogens (tertiary/aromatic N) is 1. The summed E-state index contributed by atoms with van der Waals surface area (Å²) < 4.78 is 0. The van der Waals surface area contributed by atoms with Crippen LogP contribution in [0.25, 0.3) is 0 Å². The van der Waals surface area contributed by atoms with E-state index in [0.717, 1.165) is 24.4 Å². The summed E-state index contributed by atoms with van der Waals surface area (Å²) in [5.74, 6) is 0.128. The van der Waals surface area contributed by atoms with Crippen LogP contribution in [0.2, 0.25) is 5.02 Å². The maximum Gasteiger partial charge on any atom is 0.234 e. The topological polar surface area (TPSA) is 32.3 Å². The van der Waals surface area contributed by atoms with E-state index in [1.54, 1.807) is 0 Å². The van der Waals surface area contributed by atoms with Gasteiger partial charge in [0.15, 0.2) is 0 Å². The molecule has 0 atom stereocenters. The molecule has 1 aromatic rings. The number of nitrogens with one attached hydrogen (secondary N) is 1. The molecular weight excluding hydrogens is 260 g/mol. The van der Waals surface area contributed by atoms with Gasteiger partial charge >= 0.3 is 0 Å². The fourth-order valence-corrected chi connectivity index (χ4v) is 2.67. The van der Waals surface area contributed by atoms with E-state index in [4.69, 9.17) is 11.6 Å². The fraction of sp³-hybridized carbons (Fsp3) is 0.533. The molecule has 0 aliphatic heterocycles. The van der Waals surface area contributed by atoms with Gasteiger partial charge in [0.2, 0.25) is 5.91 Å². The predicted molar refractivity (Wildman–Crippen MR) is 78.2 cm³/mol. The van der Waals surface area contributed by atoms with Crippen LogP contribution in [0.1, 0.15) is 31.2 Å². The lowest BCUT2D eigenvalue weighted by Gasteiger charge is -2.18. The molecule has 3 nitrogen and oxygen atoms in total. The quantitative estimate of drug-likeness (QED) is 0.899. The van der Waals surface area contributed by atoms with Crippen LogP contribution in [-0.2, 0) is 11.3 Å². The molecule has 0 spiro atoms. The third kappa shape index (κ3) is 4.84. The Hall–Kier alpha value is -1.06. The molecule has 0 heterocycles. The summed E-state index contributed by atoms with van der Waals surface area (Å²) in [6.07, 6.45) is 4.75. The Bertz CT molecular complexity index is 413. The van der Waals surface area contributed by atoms with Crippen molar-refractivity contribution in [2.45, 2.75) is 38.3 Å². The predicted octanol–water partition coefficient (Wildman–Crippen LogP) is 2.83. The van der Waals surface area contributed by atoms with Gasteiger partial charge in [-0.2, -0.15) is 0 Å². The molecule has 1 aromatic carbocycles. The Kier molecular flexibility index (Phi) is 5.23. The monoisotopic (exact) mass is 280 g/mol. The number of hydrogen-bond donors (Lipinski definition) is 1. The highest BCUT2D eigenvalue weighted by atomic mass is 35.5. The molecule has 104 valence electrons.